The van der Waals surface area contributed by atoms with Gasteiger partial charge in [0.05, 0.1) is 6.61 Å². The normalized spacial score (nSPS) is 13.3. The first-order chi connectivity index (χ1) is 7.97. The van der Waals surface area contributed by atoms with Crippen LogP contribution in [0.15, 0.2) is 23.8 Å². The van der Waals surface area contributed by atoms with Gasteiger partial charge in [-0.2, -0.15) is 0 Å². The summed E-state index contributed by atoms with van der Waals surface area (Å²) in [5.74, 6) is 0.412. The first-order valence-electron chi connectivity index (χ1n) is 6.41. The molecule has 0 saturated carbocycles. The van der Waals surface area contributed by atoms with Gasteiger partial charge in [-0.05, 0) is 46.0 Å². The van der Waals surface area contributed by atoms with E-state index in [1.807, 2.05) is 6.92 Å². The molecule has 0 amide bonds. The first kappa shape index (κ1) is 16.0. The topological polar surface area (TPSA) is 26.3 Å². The number of carbonyl (C=O) groups excluding carboxylic acids is 1. The van der Waals surface area contributed by atoms with Crippen molar-refractivity contribution >= 4 is 5.97 Å². The number of rotatable bonds is 8. The van der Waals surface area contributed by atoms with Gasteiger partial charge in [-0.3, -0.25) is 0 Å². The molecule has 0 fully saturated rings. The second-order valence-electron chi connectivity index (χ2n) is 4.85. The zero-order valence-corrected chi connectivity index (χ0v) is 11.7. The summed E-state index contributed by atoms with van der Waals surface area (Å²) in [6, 6.07) is 0. The molecule has 0 heterocycles. The Balaban J connectivity index is 3.61. The van der Waals surface area contributed by atoms with Gasteiger partial charge in [0.2, 0.25) is 0 Å². The lowest BCUT2D eigenvalue weighted by Crippen LogP contribution is -2.09. The van der Waals surface area contributed by atoms with Crippen LogP contribution in [0.25, 0.3) is 0 Å². The maximum atomic E-state index is 11.4. The van der Waals surface area contributed by atoms with Crippen molar-refractivity contribution in [3.63, 3.8) is 0 Å². The summed E-state index contributed by atoms with van der Waals surface area (Å²) >= 11 is 0. The molecule has 1 atom stereocenters. The van der Waals surface area contributed by atoms with Crippen LogP contribution in [0.1, 0.15) is 53.4 Å². The van der Waals surface area contributed by atoms with Crippen molar-refractivity contribution in [2.24, 2.45) is 5.92 Å². The fourth-order valence-corrected chi connectivity index (χ4v) is 1.48. The molecule has 0 spiro atoms. The molecule has 0 aliphatic heterocycles. The SMILES string of the molecule is C=C(C)CCC[C@H](C)CCOC(=O)/C(C)=C/C. The number of hydrogen-bond donors (Lipinski definition) is 0. The summed E-state index contributed by atoms with van der Waals surface area (Å²) in [4.78, 5) is 11.4. The van der Waals surface area contributed by atoms with Gasteiger partial charge >= 0.3 is 5.97 Å². The molecule has 0 N–H and O–H groups in total. The molecule has 98 valence electrons. The van der Waals surface area contributed by atoms with Gasteiger partial charge in [-0.15, -0.1) is 6.58 Å². The second kappa shape index (κ2) is 9.03. The smallest absolute Gasteiger partial charge is 0.333 e. The lowest BCUT2D eigenvalue weighted by atomic mass is 9.99. The van der Waals surface area contributed by atoms with Crippen molar-refractivity contribution in [1.82, 2.24) is 0 Å². The van der Waals surface area contributed by atoms with Crippen LogP contribution in [0.2, 0.25) is 0 Å². The van der Waals surface area contributed by atoms with E-state index in [0.717, 1.165) is 12.8 Å². The summed E-state index contributed by atoms with van der Waals surface area (Å²) in [6.45, 7) is 12.3. The van der Waals surface area contributed by atoms with Crippen LogP contribution in [0.5, 0.6) is 0 Å². The number of ether oxygens (including phenoxy) is 1. The number of allylic oxidation sites excluding steroid dienone is 2. The van der Waals surface area contributed by atoms with E-state index in [4.69, 9.17) is 4.74 Å². The zero-order chi connectivity index (χ0) is 13.3. The van der Waals surface area contributed by atoms with Gasteiger partial charge < -0.3 is 4.74 Å². The largest absolute Gasteiger partial charge is 0.462 e. The van der Waals surface area contributed by atoms with Gasteiger partial charge in [-0.1, -0.05) is 25.0 Å². The Kier molecular flexibility index (Phi) is 8.47. The van der Waals surface area contributed by atoms with E-state index in [1.54, 1.807) is 13.0 Å². The predicted molar refractivity (Wildman–Crippen MR) is 72.8 cm³/mol. The number of carbonyl (C=O) groups is 1. The summed E-state index contributed by atoms with van der Waals surface area (Å²) in [6.07, 6.45) is 6.17. The first-order valence-corrected chi connectivity index (χ1v) is 6.41. The Bertz CT molecular complexity index is 277. The average molecular weight is 238 g/mol. The third-order valence-electron chi connectivity index (χ3n) is 2.90. The Labute approximate surface area is 106 Å². The van der Waals surface area contributed by atoms with Crippen molar-refractivity contribution in [1.29, 1.82) is 0 Å². The van der Waals surface area contributed by atoms with Crippen LogP contribution < -0.4 is 0 Å². The highest BCUT2D eigenvalue weighted by atomic mass is 16.5. The van der Waals surface area contributed by atoms with Crippen LogP contribution in [0, 0.1) is 5.92 Å². The van der Waals surface area contributed by atoms with Gasteiger partial charge in [0.25, 0.3) is 0 Å². The minimum absolute atomic E-state index is 0.193. The molecule has 0 unspecified atom stereocenters. The molecule has 2 heteroatoms. The molecule has 0 saturated heterocycles. The van der Waals surface area contributed by atoms with Gasteiger partial charge in [0.1, 0.15) is 0 Å². The summed E-state index contributed by atoms with van der Waals surface area (Å²) < 4.78 is 5.17. The lowest BCUT2D eigenvalue weighted by molar-refractivity contribution is -0.139. The highest BCUT2D eigenvalue weighted by Gasteiger charge is 2.06. The van der Waals surface area contributed by atoms with Crippen LogP contribution in [0.4, 0.5) is 0 Å². The fourth-order valence-electron chi connectivity index (χ4n) is 1.48. The van der Waals surface area contributed by atoms with E-state index in [-0.39, 0.29) is 5.97 Å². The van der Waals surface area contributed by atoms with Crippen LogP contribution in [0.3, 0.4) is 0 Å². The van der Waals surface area contributed by atoms with Crippen molar-refractivity contribution in [2.45, 2.75) is 53.4 Å². The van der Waals surface area contributed by atoms with Gasteiger partial charge in [0.15, 0.2) is 0 Å². The molecule has 0 aromatic heterocycles. The minimum Gasteiger partial charge on any atom is -0.462 e. The molecule has 17 heavy (non-hydrogen) atoms. The molecular weight excluding hydrogens is 212 g/mol. The lowest BCUT2D eigenvalue weighted by Gasteiger charge is -2.11. The molecule has 0 aliphatic rings. The standard InChI is InChI=1S/C15H26O2/c1-6-14(5)15(16)17-11-10-13(4)9-7-8-12(2)3/h6,13H,2,7-11H2,1,3-5H3/b14-6+/t13-/m0/s1. The third-order valence-corrected chi connectivity index (χ3v) is 2.90. The Morgan fingerprint density at radius 2 is 2.00 bits per heavy atom. The highest BCUT2D eigenvalue weighted by molar-refractivity contribution is 5.87. The van der Waals surface area contributed by atoms with Crippen molar-refractivity contribution in [2.75, 3.05) is 6.61 Å². The predicted octanol–water partition coefficient (Wildman–Crippen LogP) is 4.27. The summed E-state index contributed by atoms with van der Waals surface area (Å²) in [5, 5.41) is 0. The van der Waals surface area contributed by atoms with Crippen LogP contribution >= 0.6 is 0 Å². The molecule has 0 radical (unpaired) electrons. The van der Waals surface area contributed by atoms with E-state index >= 15 is 0 Å². The average Bonchev–Trinajstić information content (AvgIpc) is 2.27. The van der Waals surface area contributed by atoms with Crippen LogP contribution in [-0.2, 0) is 9.53 Å². The minimum atomic E-state index is -0.193. The summed E-state index contributed by atoms with van der Waals surface area (Å²) in [7, 11) is 0. The zero-order valence-electron chi connectivity index (χ0n) is 11.7. The Morgan fingerprint density at radius 3 is 2.53 bits per heavy atom. The van der Waals surface area contributed by atoms with E-state index in [9.17, 15) is 4.79 Å². The van der Waals surface area contributed by atoms with E-state index in [2.05, 4.69) is 20.4 Å². The maximum Gasteiger partial charge on any atom is 0.333 e. The number of esters is 1. The van der Waals surface area contributed by atoms with Crippen LogP contribution in [-0.4, -0.2) is 12.6 Å². The summed E-state index contributed by atoms with van der Waals surface area (Å²) in [5.41, 5.74) is 1.92. The quantitative estimate of drug-likeness (QED) is 0.358. The monoisotopic (exact) mass is 238 g/mol. The van der Waals surface area contributed by atoms with E-state index < -0.39 is 0 Å². The second-order valence-corrected chi connectivity index (χ2v) is 4.85. The molecule has 0 aromatic carbocycles. The van der Waals surface area contributed by atoms with Gasteiger partial charge in [0, 0.05) is 5.57 Å². The van der Waals surface area contributed by atoms with E-state index in [0.29, 0.717) is 18.1 Å². The molecule has 0 rings (SSSR count). The Morgan fingerprint density at radius 1 is 1.35 bits per heavy atom. The molecular formula is C15H26O2. The molecule has 0 bridgehead atoms. The fraction of sp³-hybridized carbons (Fsp3) is 0.667. The maximum absolute atomic E-state index is 11.4. The molecule has 0 aliphatic carbocycles. The van der Waals surface area contributed by atoms with Crippen molar-refractivity contribution in [3.8, 4) is 0 Å². The van der Waals surface area contributed by atoms with Crippen molar-refractivity contribution < 1.29 is 9.53 Å². The number of hydrogen-bond acceptors (Lipinski definition) is 2. The molecule has 0 aromatic rings. The highest BCUT2D eigenvalue weighted by Crippen LogP contribution is 2.14. The Hall–Kier alpha value is -1.05. The third kappa shape index (κ3) is 8.73. The molecule has 2 nitrogen and oxygen atoms in total. The van der Waals surface area contributed by atoms with Gasteiger partial charge in [-0.25, -0.2) is 4.79 Å². The van der Waals surface area contributed by atoms with Crippen molar-refractivity contribution in [3.05, 3.63) is 23.8 Å². The van der Waals surface area contributed by atoms with E-state index in [1.165, 1.54) is 18.4 Å².